The molecule has 0 heterocycles. The van der Waals surface area contributed by atoms with Gasteiger partial charge in [0.25, 0.3) is 0 Å². The van der Waals surface area contributed by atoms with Gasteiger partial charge >= 0.3 is 0 Å². The average Bonchev–Trinajstić information content (AvgIpc) is 2.30. The second kappa shape index (κ2) is 4.62. The van der Waals surface area contributed by atoms with Crippen LogP contribution in [0.25, 0.3) is 0 Å². The maximum absolute atomic E-state index is 11.8. The third-order valence-electron chi connectivity index (χ3n) is 2.32. The molecular formula is C14H13NO. The Balaban J connectivity index is 2.32. The summed E-state index contributed by atoms with van der Waals surface area (Å²) in [6.07, 6.45) is 1.58. The van der Waals surface area contributed by atoms with Crippen LogP contribution in [0.2, 0.25) is 0 Å². The second-order valence-corrected chi connectivity index (χ2v) is 3.70. The zero-order valence-corrected chi connectivity index (χ0v) is 9.13. The lowest BCUT2D eigenvalue weighted by Crippen LogP contribution is -1.98. The number of aryl methyl sites for hydroxylation is 1. The van der Waals surface area contributed by atoms with Gasteiger partial charge in [0, 0.05) is 17.7 Å². The van der Waals surface area contributed by atoms with Gasteiger partial charge in [0.2, 0.25) is 5.69 Å². The van der Waals surface area contributed by atoms with Gasteiger partial charge < -0.3 is 5.21 Å². The topological polar surface area (TPSA) is 26.1 Å². The number of nitrogens with zero attached hydrogens (tertiary/aromatic N) is 1. The van der Waals surface area contributed by atoms with Crippen molar-refractivity contribution in [3.63, 3.8) is 0 Å². The maximum Gasteiger partial charge on any atom is 0.216 e. The minimum atomic E-state index is 0.656. The average molecular weight is 211 g/mol. The van der Waals surface area contributed by atoms with E-state index in [-0.39, 0.29) is 0 Å². The van der Waals surface area contributed by atoms with E-state index in [1.54, 1.807) is 12.3 Å². The van der Waals surface area contributed by atoms with Crippen molar-refractivity contribution in [2.45, 2.75) is 6.92 Å². The van der Waals surface area contributed by atoms with Gasteiger partial charge in [-0.25, -0.2) is 0 Å². The highest BCUT2D eigenvalue weighted by molar-refractivity contribution is 5.76. The monoisotopic (exact) mass is 211 g/mol. The van der Waals surface area contributed by atoms with Crippen molar-refractivity contribution in [3.8, 4) is 0 Å². The Labute approximate surface area is 95.1 Å². The molecule has 0 N–H and O–H groups in total. The zero-order valence-electron chi connectivity index (χ0n) is 9.13. The van der Waals surface area contributed by atoms with E-state index in [1.807, 2.05) is 55.5 Å². The largest absolute Gasteiger partial charge is 0.618 e. The van der Waals surface area contributed by atoms with E-state index in [0.717, 1.165) is 15.9 Å². The molecule has 16 heavy (non-hydrogen) atoms. The molecule has 0 amide bonds. The van der Waals surface area contributed by atoms with Gasteiger partial charge in [0.1, 0.15) is 0 Å². The highest BCUT2D eigenvalue weighted by Crippen LogP contribution is 2.12. The number of hydrogen-bond acceptors (Lipinski definition) is 1. The summed E-state index contributed by atoms with van der Waals surface area (Å²) in [6, 6.07) is 17.1. The third-order valence-corrected chi connectivity index (χ3v) is 2.32. The fraction of sp³-hybridized carbons (Fsp3) is 0.0714. The number of rotatable bonds is 2. The summed E-state index contributed by atoms with van der Waals surface area (Å²) in [5.41, 5.74) is 2.64. The molecule has 0 aliphatic carbocycles. The van der Waals surface area contributed by atoms with E-state index >= 15 is 0 Å². The van der Waals surface area contributed by atoms with Crippen molar-refractivity contribution in [2.75, 3.05) is 0 Å². The summed E-state index contributed by atoms with van der Waals surface area (Å²) < 4.78 is 0.891. The van der Waals surface area contributed by atoms with Gasteiger partial charge in [-0.2, -0.15) is 4.74 Å². The van der Waals surface area contributed by atoms with Crippen LogP contribution in [0.3, 0.4) is 0 Å². The lowest BCUT2D eigenvalue weighted by molar-refractivity contribution is -0.354. The molecule has 0 fully saturated rings. The summed E-state index contributed by atoms with van der Waals surface area (Å²) in [7, 11) is 0. The van der Waals surface area contributed by atoms with Crippen LogP contribution in [0.15, 0.2) is 54.6 Å². The highest BCUT2D eigenvalue weighted by Gasteiger charge is 2.00. The molecule has 0 saturated carbocycles. The Morgan fingerprint density at radius 2 is 1.75 bits per heavy atom. The van der Waals surface area contributed by atoms with Gasteiger partial charge in [0.05, 0.1) is 0 Å². The fourth-order valence-corrected chi connectivity index (χ4v) is 1.51. The molecular weight excluding hydrogens is 198 g/mol. The number of benzene rings is 2. The summed E-state index contributed by atoms with van der Waals surface area (Å²) >= 11 is 0. The Kier molecular flexibility index (Phi) is 3.01. The maximum atomic E-state index is 11.8. The van der Waals surface area contributed by atoms with Gasteiger partial charge in [-0.1, -0.05) is 30.3 Å². The van der Waals surface area contributed by atoms with Crippen molar-refractivity contribution in [1.29, 1.82) is 0 Å². The highest BCUT2D eigenvalue weighted by atomic mass is 16.5. The Morgan fingerprint density at radius 1 is 1.00 bits per heavy atom. The fourth-order valence-electron chi connectivity index (χ4n) is 1.51. The van der Waals surface area contributed by atoms with Crippen LogP contribution in [0.4, 0.5) is 5.69 Å². The van der Waals surface area contributed by atoms with Gasteiger partial charge in [-0.3, -0.25) is 0 Å². The molecule has 0 aromatic heterocycles. The molecule has 2 nitrogen and oxygen atoms in total. The molecule has 0 aliphatic rings. The third kappa shape index (κ3) is 2.48. The first-order valence-electron chi connectivity index (χ1n) is 5.19. The molecule has 2 heteroatoms. The van der Waals surface area contributed by atoms with Crippen LogP contribution in [0.1, 0.15) is 11.1 Å². The Hall–Kier alpha value is -2.09. The lowest BCUT2D eigenvalue weighted by atomic mass is 10.2. The molecule has 80 valence electrons. The Bertz CT molecular complexity index is 503. The molecule has 0 spiro atoms. The lowest BCUT2D eigenvalue weighted by Gasteiger charge is -2.03. The van der Waals surface area contributed by atoms with E-state index in [9.17, 15) is 5.21 Å². The summed E-state index contributed by atoms with van der Waals surface area (Å²) in [5.74, 6) is 0. The molecule has 0 radical (unpaired) electrons. The smallest absolute Gasteiger partial charge is 0.216 e. The number of hydrogen-bond donors (Lipinski definition) is 0. The predicted molar refractivity (Wildman–Crippen MR) is 66.1 cm³/mol. The van der Waals surface area contributed by atoms with E-state index in [0.29, 0.717) is 5.69 Å². The molecule has 0 bridgehead atoms. The summed E-state index contributed by atoms with van der Waals surface area (Å²) in [6.45, 7) is 1.97. The molecule has 2 rings (SSSR count). The van der Waals surface area contributed by atoms with Crippen molar-refractivity contribution in [3.05, 3.63) is 70.9 Å². The zero-order chi connectivity index (χ0) is 11.4. The molecule has 0 atom stereocenters. The van der Waals surface area contributed by atoms with Crippen LogP contribution in [-0.4, -0.2) is 11.0 Å². The summed E-state index contributed by atoms with van der Waals surface area (Å²) in [5, 5.41) is 11.8. The molecule has 0 aliphatic heterocycles. The minimum Gasteiger partial charge on any atom is -0.618 e. The SMILES string of the molecule is Cc1cccc([N+]([O-])=Cc2ccccc2)c1. The summed E-state index contributed by atoms with van der Waals surface area (Å²) in [4.78, 5) is 0. The molecule has 0 unspecified atom stereocenters. The van der Waals surface area contributed by atoms with E-state index in [2.05, 4.69) is 0 Å². The standard InChI is InChI=1S/C14H13NO/c1-12-6-5-9-14(10-12)15(16)11-13-7-3-2-4-8-13/h2-11H,1H3. The Morgan fingerprint density at radius 3 is 2.44 bits per heavy atom. The quantitative estimate of drug-likeness (QED) is 0.324. The second-order valence-electron chi connectivity index (χ2n) is 3.70. The van der Waals surface area contributed by atoms with Crippen molar-refractivity contribution >= 4 is 11.9 Å². The van der Waals surface area contributed by atoms with Crippen LogP contribution in [0.5, 0.6) is 0 Å². The van der Waals surface area contributed by atoms with E-state index < -0.39 is 0 Å². The van der Waals surface area contributed by atoms with Crippen LogP contribution in [-0.2, 0) is 0 Å². The van der Waals surface area contributed by atoms with Gasteiger partial charge in [-0.15, -0.1) is 0 Å². The van der Waals surface area contributed by atoms with E-state index in [1.165, 1.54) is 0 Å². The first-order valence-corrected chi connectivity index (χ1v) is 5.19. The van der Waals surface area contributed by atoms with Crippen molar-refractivity contribution in [2.24, 2.45) is 0 Å². The normalized spacial score (nSPS) is 11.4. The van der Waals surface area contributed by atoms with E-state index in [4.69, 9.17) is 0 Å². The minimum absolute atomic E-state index is 0.656. The predicted octanol–water partition coefficient (Wildman–Crippen LogP) is 3.26. The molecule has 0 saturated heterocycles. The van der Waals surface area contributed by atoms with Crippen LogP contribution < -0.4 is 0 Å². The molecule has 2 aromatic rings. The van der Waals surface area contributed by atoms with Gasteiger partial charge in [0.15, 0.2) is 6.21 Å². The van der Waals surface area contributed by atoms with Gasteiger partial charge in [-0.05, 0) is 24.6 Å². The molecule has 2 aromatic carbocycles. The van der Waals surface area contributed by atoms with Crippen LogP contribution in [0, 0.1) is 12.1 Å². The van der Waals surface area contributed by atoms with Crippen molar-refractivity contribution < 1.29 is 4.74 Å². The first-order chi connectivity index (χ1) is 7.75. The van der Waals surface area contributed by atoms with Crippen molar-refractivity contribution in [1.82, 2.24) is 0 Å². The first kappa shape index (κ1) is 10.4. The van der Waals surface area contributed by atoms with Crippen LogP contribution >= 0.6 is 0 Å².